The molecule has 2 saturated heterocycles. The number of hydrogen-bond acceptors (Lipinski definition) is 5. The lowest BCUT2D eigenvalue weighted by atomic mass is 9.88. The molecule has 6 heteroatoms. The lowest BCUT2D eigenvalue weighted by Gasteiger charge is -2.39. The summed E-state index contributed by atoms with van der Waals surface area (Å²) in [7, 11) is 0. The first-order valence-electron chi connectivity index (χ1n) is 8.78. The fourth-order valence-electron chi connectivity index (χ4n) is 3.49. The minimum absolute atomic E-state index is 0.0186. The van der Waals surface area contributed by atoms with Crippen LogP contribution in [0.4, 0.5) is 0 Å². The molecule has 0 saturated carbocycles. The fourth-order valence-corrected chi connectivity index (χ4v) is 3.49. The summed E-state index contributed by atoms with van der Waals surface area (Å²) in [6.45, 7) is 8.03. The Balaban J connectivity index is 1.42. The van der Waals surface area contributed by atoms with Gasteiger partial charge in [-0.15, -0.1) is 0 Å². The van der Waals surface area contributed by atoms with E-state index in [4.69, 9.17) is 9.26 Å². The van der Waals surface area contributed by atoms with Crippen LogP contribution in [0.2, 0.25) is 0 Å². The van der Waals surface area contributed by atoms with Crippen molar-refractivity contribution >= 4 is 5.91 Å². The van der Waals surface area contributed by atoms with E-state index in [0.717, 1.165) is 45.3 Å². The van der Waals surface area contributed by atoms with Gasteiger partial charge in [0.2, 0.25) is 0 Å². The van der Waals surface area contributed by atoms with Crippen LogP contribution < -0.4 is 5.32 Å². The molecule has 1 atom stereocenters. The van der Waals surface area contributed by atoms with Gasteiger partial charge in [-0.05, 0) is 39.5 Å². The third kappa shape index (κ3) is 4.24. The van der Waals surface area contributed by atoms with Crippen molar-refractivity contribution < 1.29 is 14.1 Å². The first-order chi connectivity index (χ1) is 11.6. The van der Waals surface area contributed by atoms with Gasteiger partial charge in [0.25, 0.3) is 5.91 Å². The van der Waals surface area contributed by atoms with Crippen LogP contribution in [0.5, 0.6) is 0 Å². The van der Waals surface area contributed by atoms with Gasteiger partial charge in [-0.3, -0.25) is 9.69 Å². The largest absolute Gasteiger partial charge is 0.370 e. The maximum absolute atomic E-state index is 11.9. The maximum Gasteiger partial charge on any atom is 0.273 e. The Morgan fingerprint density at radius 2 is 2.21 bits per heavy atom. The van der Waals surface area contributed by atoms with E-state index in [1.807, 2.05) is 0 Å². The molecule has 2 aliphatic heterocycles. The van der Waals surface area contributed by atoms with Gasteiger partial charge >= 0.3 is 0 Å². The Labute approximate surface area is 143 Å². The zero-order valence-electron chi connectivity index (χ0n) is 14.6. The van der Waals surface area contributed by atoms with Crippen LogP contribution in [0.15, 0.2) is 28.5 Å². The highest BCUT2D eigenvalue weighted by Crippen LogP contribution is 2.38. The molecule has 3 rings (SSSR count). The van der Waals surface area contributed by atoms with E-state index in [-0.39, 0.29) is 17.6 Å². The average Bonchev–Trinajstić information content (AvgIpc) is 3.23. The van der Waals surface area contributed by atoms with Crippen LogP contribution in [-0.4, -0.2) is 53.8 Å². The van der Waals surface area contributed by atoms with Crippen molar-refractivity contribution in [2.24, 2.45) is 0 Å². The summed E-state index contributed by atoms with van der Waals surface area (Å²) < 4.78 is 11.0. The molecule has 1 N–H and O–H groups in total. The molecule has 0 aromatic carbocycles. The van der Waals surface area contributed by atoms with E-state index < -0.39 is 0 Å². The molecule has 1 unspecified atom stereocenters. The standard InChI is InChI=1S/C18H27N3O3/c1-14(2)4-9-21-10-7-18(8-11-21)6-3-15(24-18)13-19-17(22)16-5-12-23-20-16/h4-5,12,15H,3,6-11,13H2,1-2H3,(H,19,22). The number of nitrogens with one attached hydrogen (secondary N) is 1. The SMILES string of the molecule is CC(C)=CCN1CCC2(CCC(CNC(=O)c3ccon3)O2)CC1. The quantitative estimate of drug-likeness (QED) is 0.838. The van der Waals surface area contributed by atoms with Gasteiger partial charge in [0.15, 0.2) is 5.69 Å². The minimum atomic E-state index is -0.204. The average molecular weight is 333 g/mol. The van der Waals surface area contributed by atoms with Crippen molar-refractivity contribution in [1.82, 2.24) is 15.4 Å². The van der Waals surface area contributed by atoms with E-state index in [2.05, 4.69) is 35.3 Å². The molecular formula is C18H27N3O3. The Morgan fingerprint density at radius 1 is 1.42 bits per heavy atom. The zero-order valence-corrected chi connectivity index (χ0v) is 14.6. The van der Waals surface area contributed by atoms with Crippen LogP contribution in [0.3, 0.4) is 0 Å². The first kappa shape index (κ1) is 17.2. The van der Waals surface area contributed by atoms with E-state index >= 15 is 0 Å². The second kappa shape index (κ2) is 7.49. The Hall–Kier alpha value is -1.66. The van der Waals surface area contributed by atoms with Gasteiger partial charge in [0, 0.05) is 32.2 Å². The highest BCUT2D eigenvalue weighted by atomic mass is 16.5. The van der Waals surface area contributed by atoms with Gasteiger partial charge in [0.05, 0.1) is 11.7 Å². The molecule has 2 aliphatic rings. The number of likely N-dealkylation sites (tertiary alicyclic amines) is 1. The summed E-state index contributed by atoms with van der Waals surface area (Å²) in [4.78, 5) is 14.4. The summed E-state index contributed by atoms with van der Waals surface area (Å²) in [5.41, 5.74) is 1.70. The maximum atomic E-state index is 11.9. The lowest BCUT2D eigenvalue weighted by molar-refractivity contribution is -0.0741. The third-order valence-electron chi connectivity index (χ3n) is 5.02. The molecule has 1 aromatic heterocycles. The molecular weight excluding hydrogens is 306 g/mol. The topological polar surface area (TPSA) is 67.6 Å². The molecule has 1 spiro atoms. The Morgan fingerprint density at radius 3 is 2.88 bits per heavy atom. The van der Waals surface area contributed by atoms with Crippen molar-refractivity contribution in [2.75, 3.05) is 26.2 Å². The summed E-state index contributed by atoms with van der Waals surface area (Å²) in [5, 5.41) is 6.53. The number of rotatable bonds is 5. The van der Waals surface area contributed by atoms with E-state index in [1.165, 1.54) is 11.8 Å². The number of carbonyl (C=O) groups is 1. The first-order valence-corrected chi connectivity index (χ1v) is 8.78. The van der Waals surface area contributed by atoms with Gasteiger partial charge in [-0.2, -0.15) is 0 Å². The molecule has 3 heterocycles. The predicted molar refractivity (Wildman–Crippen MR) is 90.8 cm³/mol. The third-order valence-corrected chi connectivity index (χ3v) is 5.02. The number of amides is 1. The second-order valence-corrected chi connectivity index (χ2v) is 7.14. The number of piperidine rings is 1. The predicted octanol–water partition coefficient (Wildman–Crippen LogP) is 2.38. The normalized spacial score (nSPS) is 23.3. The molecule has 0 radical (unpaired) electrons. The smallest absolute Gasteiger partial charge is 0.273 e. The summed E-state index contributed by atoms with van der Waals surface area (Å²) in [6.07, 6.45) is 8.05. The minimum Gasteiger partial charge on any atom is -0.370 e. The molecule has 0 bridgehead atoms. The molecule has 0 aliphatic carbocycles. The van der Waals surface area contributed by atoms with Crippen molar-refractivity contribution in [3.63, 3.8) is 0 Å². The number of hydrogen-bond donors (Lipinski definition) is 1. The van der Waals surface area contributed by atoms with E-state index in [0.29, 0.717) is 12.2 Å². The summed E-state index contributed by atoms with van der Waals surface area (Å²) in [6, 6.07) is 1.56. The van der Waals surface area contributed by atoms with Crippen molar-refractivity contribution in [3.8, 4) is 0 Å². The lowest BCUT2D eigenvalue weighted by Crippen LogP contribution is -2.45. The number of allylic oxidation sites excluding steroid dienone is 1. The zero-order chi connectivity index (χ0) is 17.0. The molecule has 24 heavy (non-hydrogen) atoms. The van der Waals surface area contributed by atoms with Crippen LogP contribution in [0.1, 0.15) is 50.0 Å². The van der Waals surface area contributed by atoms with Crippen molar-refractivity contribution in [3.05, 3.63) is 29.7 Å². The van der Waals surface area contributed by atoms with Gasteiger partial charge in [0.1, 0.15) is 6.26 Å². The van der Waals surface area contributed by atoms with Crippen LogP contribution in [-0.2, 0) is 4.74 Å². The summed E-state index contributed by atoms with van der Waals surface area (Å²) in [5.74, 6) is -0.204. The van der Waals surface area contributed by atoms with E-state index in [1.54, 1.807) is 6.07 Å². The van der Waals surface area contributed by atoms with Crippen molar-refractivity contribution in [2.45, 2.75) is 51.2 Å². The van der Waals surface area contributed by atoms with Gasteiger partial charge in [-0.25, -0.2) is 0 Å². The molecule has 1 aromatic rings. The van der Waals surface area contributed by atoms with E-state index in [9.17, 15) is 4.79 Å². The number of carbonyl (C=O) groups excluding carboxylic acids is 1. The van der Waals surface area contributed by atoms with Crippen molar-refractivity contribution in [1.29, 1.82) is 0 Å². The molecule has 1 amide bonds. The monoisotopic (exact) mass is 333 g/mol. The van der Waals surface area contributed by atoms with Crippen LogP contribution >= 0.6 is 0 Å². The number of nitrogens with zero attached hydrogens (tertiary/aromatic N) is 2. The molecule has 6 nitrogen and oxygen atoms in total. The van der Waals surface area contributed by atoms with Crippen LogP contribution in [0.25, 0.3) is 0 Å². The van der Waals surface area contributed by atoms with Crippen LogP contribution in [0, 0.1) is 0 Å². The summed E-state index contributed by atoms with van der Waals surface area (Å²) >= 11 is 0. The highest BCUT2D eigenvalue weighted by Gasteiger charge is 2.42. The highest BCUT2D eigenvalue weighted by molar-refractivity contribution is 5.91. The number of aromatic nitrogens is 1. The fraction of sp³-hybridized carbons (Fsp3) is 0.667. The molecule has 132 valence electrons. The van der Waals surface area contributed by atoms with Gasteiger partial charge in [-0.1, -0.05) is 16.8 Å². The Kier molecular flexibility index (Phi) is 5.36. The molecule has 2 fully saturated rings. The Bertz CT molecular complexity index is 570. The van der Waals surface area contributed by atoms with Gasteiger partial charge < -0.3 is 14.6 Å². The number of ether oxygens (including phenoxy) is 1. The second-order valence-electron chi connectivity index (χ2n) is 7.14.